The Labute approximate surface area is 182 Å². The summed E-state index contributed by atoms with van der Waals surface area (Å²) in [6, 6.07) is 11.3. The van der Waals surface area contributed by atoms with Gasteiger partial charge in [-0.2, -0.15) is 11.8 Å². The summed E-state index contributed by atoms with van der Waals surface area (Å²) in [5.74, 6) is -0.458. The van der Waals surface area contributed by atoms with E-state index in [2.05, 4.69) is 26.6 Å². The lowest BCUT2D eigenvalue weighted by Gasteiger charge is -2.19. The Balaban J connectivity index is 2.20. The first-order valence-electron chi connectivity index (χ1n) is 8.91. The van der Waals surface area contributed by atoms with Crippen LogP contribution < -0.4 is 10.6 Å². The van der Waals surface area contributed by atoms with Crippen LogP contribution in [0.5, 0.6) is 0 Å². The first-order valence-corrected chi connectivity index (χ1v) is 11.1. The van der Waals surface area contributed by atoms with E-state index in [1.807, 2.05) is 19.2 Å². The maximum absolute atomic E-state index is 12.9. The fraction of sp³-hybridized carbons (Fsp3) is 0.286. The van der Waals surface area contributed by atoms with Crippen LogP contribution in [0, 0.1) is 6.92 Å². The molecule has 2 N–H and O–H groups in total. The van der Waals surface area contributed by atoms with Crippen LogP contribution in [0.1, 0.15) is 32.7 Å². The van der Waals surface area contributed by atoms with Crippen LogP contribution >= 0.6 is 27.7 Å². The van der Waals surface area contributed by atoms with Crippen molar-refractivity contribution in [3.8, 4) is 0 Å². The van der Waals surface area contributed by atoms with E-state index in [9.17, 15) is 14.4 Å². The SMILES string of the molecule is COC(=O)c1ccc(C)c(NC(=O)C(CCSC)NC(=O)c2ccccc2Br)c1. The number of rotatable bonds is 8. The summed E-state index contributed by atoms with van der Waals surface area (Å²) in [4.78, 5) is 37.3. The Hall–Kier alpha value is -2.32. The molecule has 2 aromatic carbocycles. The minimum absolute atomic E-state index is 0.334. The van der Waals surface area contributed by atoms with Gasteiger partial charge in [-0.25, -0.2) is 4.79 Å². The van der Waals surface area contributed by atoms with Crippen LogP contribution in [0.15, 0.2) is 46.9 Å². The minimum Gasteiger partial charge on any atom is -0.465 e. The van der Waals surface area contributed by atoms with E-state index in [-0.39, 0.29) is 11.8 Å². The van der Waals surface area contributed by atoms with Gasteiger partial charge in [-0.15, -0.1) is 0 Å². The van der Waals surface area contributed by atoms with Crippen molar-refractivity contribution in [3.05, 3.63) is 63.6 Å². The number of thioether (sulfide) groups is 1. The van der Waals surface area contributed by atoms with E-state index >= 15 is 0 Å². The molecule has 1 atom stereocenters. The molecule has 0 fully saturated rings. The second-order valence-electron chi connectivity index (χ2n) is 6.30. The van der Waals surface area contributed by atoms with Crippen molar-refractivity contribution in [2.45, 2.75) is 19.4 Å². The maximum atomic E-state index is 12.9. The molecule has 0 radical (unpaired) electrons. The quantitative estimate of drug-likeness (QED) is 0.559. The van der Waals surface area contributed by atoms with Crippen LogP contribution in [0.3, 0.4) is 0 Å². The highest BCUT2D eigenvalue weighted by Gasteiger charge is 2.23. The number of hydrogen-bond acceptors (Lipinski definition) is 5. The average molecular weight is 479 g/mol. The van der Waals surface area contributed by atoms with E-state index in [1.165, 1.54) is 7.11 Å². The highest BCUT2D eigenvalue weighted by atomic mass is 79.9. The molecule has 6 nitrogen and oxygen atoms in total. The van der Waals surface area contributed by atoms with Crippen LogP contribution in [-0.4, -0.2) is 42.9 Å². The van der Waals surface area contributed by atoms with E-state index < -0.39 is 12.0 Å². The van der Waals surface area contributed by atoms with Crippen molar-refractivity contribution in [1.29, 1.82) is 0 Å². The maximum Gasteiger partial charge on any atom is 0.337 e. The van der Waals surface area contributed by atoms with Crippen molar-refractivity contribution < 1.29 is 19.1 Å². The third kappa shape index (κ3) is 6.33. The summed E-state index contributed by atoms with van der Waals surface area (Å²) in [7, 11) is 1.30. The van der Waals surface area contributed by atoms with Crippen molar-refractivity contribution in [3.63, 3.8) is 0 Å². The summed E-state index contributed by atoms with van der Waals surface area (Å²) in [5, 5.41) is 5.64. The summed E-state index contributed by atoms with van der Waals surface area (Å²) in [6.45, 7) is 1.83. The molecule has 0 aliphatic carbocycles. The van der Waals surface area contributed by atoms with Gasteiger partial charge in [0, 0.05) is 10.2 Å². The van der Waals surface area contributed by atoms with Crippen LogP contribution in [0.25, 0.3) is 0 Å². The third-order valence-electron chi connectivity index (χ3n) is 4.27. The fourth-order valence-electron chi connectivity index (χ4n) is 2.61. The number of aryl methyl sites for hydroxylation is 1. The molecule has 0 bridgehead atoms. The number of carbonyl (C=O) groups is 3. The number of nitrogens with one attached hydrogen (secondary N) is 2. The highest BCUT2D eigenvalue weighted by Crippen LogP contribution is 2.19. The second kappa shape index (κ2) is 11.0. The van der Waals surface area contributed by atoms with Crippen molar-refractivity contribution in [1.82, 2.24) is 5.32 Å². The smallest absolute Gasteiger partial charge is 0.337 e. The Bertz CT molecular complexity index is 904. The lowest BCUT2D eigenvalue weighted by molar-refractivity contribution is -0.118. The summed E-state index contributed by atoms with van der Waals surface area (Å²) in [5.41, 5.74) is 2.10. The number of amides is 2. The van der Waals surface area contributed by atoms with Gasteiger partial charge in [0.1, 0.15) is 6.04 Å². The molecular weight excluding hydrogens is 456 g/mol. The molecule has 2 aromatic rings. The zero-order valence-electron chi connectivity index (χ0n) is 16.5. The number of anilines is 1. The van der Waals surface area contributed by atoms with Crippen molar-refractivity contribution >= 4 is 51.2 Å². The van der Waals surface area contributed by atoms with Gasteiger partial charge in [0.15, 0.2) is 0 Å². The van der Waals surface area contributed by atoms with Gasteiger partial charge in [0.2, 0.25) is 5.91 Å². The molecule has 2 amide bonds. The molecule has 0 saturated carbocycles. The zero-order valence-corrected chi connectivity index (χ0v) is 18.9. The molecule has 0 saturated heterocycles. The van der Waals surface area contributed by atoms with Crippen LogP contribution in [0.2, 0.25) is 0 Å². The number of ether oxygens (including phenoxy) is 1. The van der Waals surface area contributed by atoms with E-state index in [1.54, 1.807) is 48.2 Å². The normalized spacial score (nSPS) is 11.4. The summed E-state index contributed by atoms with van der Waals surface area (Å²) in [6.07, 6.45) is 2.41. The molecule has 2 rings (SSSR count). The number of halogens is 1. The molecular formula is C21H23BrN2O4S. The van der Waals surface area contributed by atoms with Gasteiger partial charge in [-0.05, 0) is 71.1 Å². The van der Waals surface area contributed by atoms with Crippen LogP contribution in [-0.2, 0) is 9.53 Å². The Morgan fingerprint density at radius 1 is 1.17 bits per heavy atom. The minimum atomic E-state index is -0.719. The monoisotopic (exact) mass is 478 g/mol. The van der Waals surface area contributed by atoms with Gasteiger partial charge >= 0.3 is 5.97 Å². The average Bonchev–Trinajstić information content (AvgIpc) is 2.72. The highest BCUT2D eigenvalue weighted by molar-refractivity contribution is 9.10. The largest absolute Gasteiger partial charge is 0.465 e. The second-order valence-corrected chi connectivity index (χ2v) is 8.14. The number of methoxy groups -OCH3 is 1. The van der Waals surface area contributed by atoms with Gasteiger partial charge in [0.25, 0.3) is 5.91 Å². The molecule has 0 aliphatic heterocycles. The van der Waals surface area contributed by atoms with Gasteiger partial charge < -0.3 is 15.4 Å². The summed E-state index contributed by atoms with van der Waals surface area (Å²) >= 11 is 4.95. The topological polar surface area (TPSA) is 84.5 Å². The van der Waals surface area contributed by atoms with Crippen molar-refractivity contribution in [2.24, 2.45) is 0 Å². The van der Waals surface area contributed by atoms with E-state index in [0.29, 0.717) is 33.5 Å². The number of benzene rings is 2. The lowest BCUT2D eigenvalue weighted by Crippen LogP contribution is -2.44. The molecule has 1 unspecified atom stereocenters. The third-order valence-corrected chi connectivity index (χ3v) is 5.60. The molecule has 8 heteroatoms. The van der Waals surface area contributed by atoms with Crippen LogP contribution in [0.4, 0.5) is 5.69 Å². The zero-order chi connectivity index (χ0) is 21.4. The van der Waals surface area contributed by atoms with E-state index in [0.717, 1.165) is 5.56 Å². The fourth-order valence-corrected chi connectivity index (χ4v) is 3.54. The predicted octanol–water partition coefficient (Wildman–Crippen LogP) is 4.03. The molecule has 0 spiro atoms. The molecule has 0 aliphatic rings. The van der Waals surface area contributed by atoms with E-state index in [4.69, 9.17) is 4.74 Å². The summed E-state index contributed by atoms with van der Waals surface area (Å²) < 4.78 is 5.39. The van der Waals surface area contributed by atoms with Crippen molar-refractivity contribution in [2.75, 3.05) is 24.4 Å². The van der Waals surface area contributed by atoms with Gasteiger partial charge in [-0.3, -0.25) is 9.59 Å². The molecule has 0 heterocycles. The Morgan fingerprint density at radius 3 is 2.55 bits per heavy atom. The Morgan fingerprint density at radius 2 is 1.90 bits per heavy atom. The van der Waals surface area contributed by atoms with Gasteiger partial charge in [-0.1, -0.05) is 18.2 Å². The van der Waals surface area contributed by atoms with Gasteiger partial charge in [0.05, 0.1) is 18.2 Å². The molecule has 29 heavy (non-hydrogen) atoms. The first kappa shape index (κ1) is 23.0. The molecule has 0 aromatic heterocycles. The number of carbonyl (C=O) groups excluding carboxylic acids is 3. The Kier molecular flexibility index (Phi) is 8.72. The number of hydrogen-bond donors (Lipinski definition) is 2. The predicted molar refractivity (Wildman–Crippen MR) is 120 cm³/mol. The molecule has 154 valence electrons. The number of esters is 1. The first-order chi connectivity index (χ1) is 13.9. The standard InChI is InChI=1S/C21H23BrN2O4S/c1-13-8-9-14(21(27)28-2)12-18(13)24-20(26)17(10-11-29-3)23-19(25)15-6-4-5-7-16(15)22/h4-9,12,17H,10-11H2,1-3H3,(H,23,25)(H,24,26). The lowest BCUT2D eigenvalue weighted by atomic mass is 10.1.